The van der Waals surface area contributed by atoms with Crippen LogP contribution in [-0.4, -0.2) is 28.2 Å². The van der Waals surface area contributed by atoms with Crippen LogP contribution in [0.2, 0.25) is 0 Å². The van der Waals surface area contributed by atoms with Crippen molar-refractivity contribution >= 4 is 18.3 Å². The average molecular weight is 349 g/mol. The predicted octanol–water partition coefficient (Wildman–Crippen LogP) is 2.62. The summed E-state index contributed by atoms with van der Waals surface area (Å²) in [4.78, 5) is 12.6. The van der Waals surface area contributed by atoms with E-state index in [9.17, 15) is 4.79 Å². The molecule has 1 amide bonds. The van der Waals surface area contributed by atoms with E-state index in [4.69, 9.17) is 0 Å². The number of amides is 1. The number of rotatable bonds is 5. The molecule has 0 aliphatic carbocycles. The molecule has 0 bridgehead atoms. The van der Waals surface area contributed by atoms with Gasteiger partial charge in [0.1, 0.15) is 0 Å². The highest BCUT2D eigenvalue weighted by molar-refractivity contribution is 5.94. The van der Waals surface area contributed by atoms with Crippen LogP contribution in [-0.2, 0) is 19.4 Å². The van der Waals surface area contributed by atoms with Gasteiger partial charge in [-0.05, 0) is 32.3 Å². The molecular weight excluding hydrogens is 324 g/mol. The van der Waals surface area contributed by atoms with Crippen LogP contribution in [0.15, 0.2) is 30.3 Å². The summed E-state index contributed by atoms with van der Waals surface area (Å²) in [5.74, 6) is -0.0933. The van der Waals surface area contributed by atoms with Crippen LogP contribution in [0.3, 0.4) is 0 Å². The Hall–Kier alpha value is -1.85. The summed E-state index contributed by atoms with van der Waals surface area (Å²) in [6.45, 7) is 5.76. The molecule has 1 aliphatic rings. The topological polar surface area (TPSA) is 69.8 Å². The molecule has 0 unspecified atom stereocenters. The molecule has 1 aliphatic heterocycles. The molecule has 1 aromatic carbocycles. The van der Waals surface area contributed by atoms with Gasteiger partial charge in [0, 0.05) is 36.3 Å². The highest BCUT2D eigenvalue weighted by Crippen LogP contribution is 2.18. The van der Waals surface area contributed by atoms with Crippen molar-refractivity contribution in [2.45, 2.75) is 45.2 Å². The van der Waals surface area contributed by atoms with Crippen molar-refractivity contribution in [2.75, 3.05) is 6.54 Å². The number of aryl methyl sites for hydroxylation is 1. The van der Waals surface area contributed by atoms with Gasteiger partial charge in [-0.3, -0.25) is 9.89 Å². The van der Waals surface area contributed by atoms with Gasteiger partial charge in [0.2, 0.25) is 0 Å². The van der Waals surface area contributed by atoms with E-state index in [1.165, 1.54) is 5.56 Å². The third kappa shape index (κ3) is 4.36. The van der Waals surface area contributed by atoms with Crippen LogP contribution < -0.4 is 10.6 Å². The highest BCUT2D eigenvalue weighted by Gasteiger charge is 2.26. The van der Waals surface area contributed by atoms with E-state index in [2.05, 4.69) is 46.8 Å². The fraction of sp³-hybridized carbons (Fsp3) is 0.444. The van der Waals surface area contributed by atoms with Crippen LogP contribution in [0.5, 0.6) is 0 Å². The number of aromatic amines is 1. The van der Waals surface area contributed by atoms with Gasteiger partial charge in [-0.25, -0.2) is 0 Å². The van der Waals surface area contributed by atoms with E-state index < -0.39 is 0 Å². The number of hydrogen-bond acceptors (Lipinski definition) is 3. The fourth-order valence-corrected chi connectivity index (χ4v) is 2.94. The van der Waals surface area contributed by atoms with Crippen molar-refractivity contribution in [1.82, 2.24) is 20.8 Å². The number of nitrogens with zero attached hydrogens (tertiary/aromatic N) is 1. The van der Waals surface area contributed by atoms with Crippen molar-refractivity contribution in [2.24, 2.45) is 0 Å². The predicted molar refractivity (Wildman–Crippen MR) is 97.6 cm³/mol. The number of hydrogen-bond donors (Lipinski definition) is 3. The molecule has 2 heterocycles. The number of fused-ring (bicyclic) bond motifs is 1. The molecule has 0 saturated heterocycles. The number of carbonyl (C=O) groups is 1. The molecule has 0 spiro atoms. The van der Waals surface area contributed by atoms with E-state index >= 15 is 0 Å². The first-order valence-corrected chi connectivity index (χ1v) is 8.18. The quantitative estimate of drug-likeness (QED) is 0.778. The first kappa shape index (κ1) is 18.5. The molecule has 24 heavy (non-hydrogen) atoms. The summed E-state index contributed by atoms with van der Waals surface area (Å²) >= 11 is 0. The first-order chi connectivity index (χ1) is 11.1. The van der Waals surface area contributed by atoms with Gasteiger partial charge < -0.3 is 10.6 Å². The monoisotopic (exact) mass is 348 g/mol. The summed E-state index contributed by atoms with van der Waals surface area (Å²) in [5.41, 5.74) is 3.63. The molecule has 1 aromatic heterocycles. The van der Waals surface area contributed by atoms with Crippen molar-refractivity contribution in [3.63, 3.8) is 0 Å². The number of H-pyrrole nitrogens is 1. The van der Waals surface area contributed by atoms with E-state index in [0.29, 0.717) is 12.2 Å². The molecule has 5 nitrogen and oxygen atoms in total. The second-order valence-corrected chi connectivity index (χ2v) is 6.78. The number of aromatic nitrogens is 2. The van der Waals surface area contributed by atoms with Crippen LogP contribution in [0, 0.1) is 0 Å². The van der Waals surface area contributed by atoms with Crippen LogP contribution in [0.1, 0.15) is 47.6 Å². The molecule has 130 valence electrons. The summed E-state index contributed by atoms with van der Waals surface area (Å²) in [7, 11) is 0. The Labute approximate surface area is 149 Å². The van der Waals surface area contributed by atoms with Gasteiger partial charge in [0.05, 0.1) is 0 Å². The zero-order valence-electron chi connectivity index (χ0n) is 14.2. The van der Waals surface area contributed by atoms with E-state index in [1.807, 2.05) is 18.2 Å². The Morgan fingerprint density at radius 1 is 1.29 bits per heavy atom. The summed E-state index contributed by atoms with van der Waals surface area (Å²) < 4.78 is 0. The Bertz CT molecular complexity index is 682. The normalized spacial score (nSPS) is 13.8. The summed E-state index contributed by atoms with van der Waals surface area (Å²) in [5, 5.41) is 13.6. The van der Waals surface area contributed by atoms with E-state index in [1.54, 1.807) is 0 Å². The standard InChI is InChI=1S/C18H24N4O.ClH/c1-18(2,10-8-13-6-4-3-5-7-13)20-17(23)16-14-12-19-11-9-15(14)21-22-16;/h3-7,19H,8-12H2,1-2H3,(H,20,23)(H,21,22);1H. The minimum atomic E-state index is -0.277. The lowest BCUT2D eigenvalue weighted by molar-refractivity contribution is 0.0903. The smallest absolute Gasteiger partial charge is 0.272 e. The molecule has 0 saturated carbocycles. The Balaban J connectivity index is 0.00000208. The summed E-state index contributed by atoms with van der Waals surface area (Å²) in [6, 6.07) is 10.3. The molecule has 3 rings (SSSR count). The molecule has 2 aromatic rings. The maximum Gasteiger partial charge on any atom is 0.272 e. The second-order valence-electron chi connectivity index (χ2n) is 6.78. The maximum absolute atomic E-state index is 12.6. The van der Waals surface area contributed by atoms with Crippen molar-refractivity contribution < 1.29 is 4.79 Å². The molecule has 0 atom stereocenters. The van der Waals surface area contributed by atoms with Gasteiger partial charge in [-0.15, -0.1) is 12.4 Å². The van der Waals surface area contributed by atoms with Crippen molar-refractivity contribution in [3.05, 3.63) is 52.8 Å². The van der Waals surface area contributed by atoms with Gasteiger partial charge in [0.25, 0.3) is 5.91 Å². The number of nitrogens with one attached hydrogen (secondary N) is 3. The van der Waals surface area contributed by atoms with Gasteiger partial charge >= 0.3 is 0 Å². The maximum atomic E-state index is 12.6. The largest absolute Gasteiger partial charge is 0.346 e. The zero-order valence-corrected chi connectivity index (χ0v) is 15.0. The second kappa shape index (κ2) is 7.81. The van der Waals surface area contributed by atoms with Gasteiger partial charge in [-0.2, -0.15) is 5.10 Å². The van der Waals surface area contributed by atoms with Crippen molar-refractivity contribution in [1.29, 1.82) is 0 Å². The van der Waals surface area contributed by atoms with E-state index in [-0.39, 0.29) is 23.9 Å². The molecule has 0 fully saturated rings. The highest BCUT2D eigenvalue weighted by atomic mass is 35.5. The lowest BCUT2D eigenvalue weighted by atomic mass is 9.94. The lowest BCUT2D eigenvalue weighted by Gasteiger charge is -2.26. The van der Waals surface area contributed by atoms with Crippen LogP contribution >= 0.6 is 12.4 Å². The Morgan fingerprint density at radius 2 is 2.04 bits per heavy atom. The summed E-state index contributed by atoms with van der Waals surface area (Å²) in [6.07, 6.45) is 2.72. The van der Waals surface area contributed by atoms with E-state index in [0.717, 1.165) is 37.1 Å². The minimum Gasteiger partial charge on any atom is -0.346 e. The number of carbonyl (C=O) groups excluding carboxylic acids is 1. The SMILES string of the molecule is CC(C)(CCc1ccccc1)NC(=O)c1n[nH]c2c1CNCC2.Cl. The number of halogens is 1. The zero-order chi connectivity index (χ0) is 16.3. The molecule has 6 heteroatoms. The average Bonchev–Trinajstić information content (AvgIpc) is 2.98. The third-order valence-electron chi connectivity index (χ3n) is 4.35. The van der Waals surface area contributed by atoms with Crippen LogP contribution in [0.4, 0.5) is 0 Å². The Morgan fingerprint density at radius 3 is 2.79 bits per heavy atom. The molecular formula is C18H25ClN4O. The van der Waals surface area contributed by atoms with Gasteiger partial charge in [-0.1, -0.05) is 30.3 Å². The van der Waals surface area contributed by atoms with Crippen LogP contribution in [0.25, 0.3) is 0 Å². The molecule has 3 N–H and O–H groups in total. The fourth-order valence-electron chi connectivity index (χ4n) is 2.94. The minimum absolute atomic E-state index is 0. The molecule has 0 radical (unpaired) electrons. The Kier molecular flexibility index (Phi) is 6.02. The van der Waals surface area contributed by atoms with Gasteiger partial charge in [0.15, 0.2) is 5.69 Å². The first-order valence-electron chi connectivity index (χ1n) is 8.18. The lowest BCUT2D eigenvalue weighted by Crippen LogP contribution is -2.44. The van der Waals surface area contributed by atoms with Crippen molar-refractivity contribution in [3.8, 4) is 0 Å². The third-order valence-corrected chi connectivity index (χ3v) is 4.35. The number of benzene rings is 1.